The van der Waals surface area contributed by atoms with E-state index in [0.717, 1.165) is 15.4 Å². The summed E-state index contributed by atoms with van der Waals surface area (Å²) in [5.74, 6) is 1.34. The van der Waals surface area contributed by atoms with Crippen LogP contribution in [-0.2, 0) is 0 Å². The van der Waals surface area contributed by atoms with Crippen molar-refractivity contribution in [3.8, 4) is 11.5 Å². The van der Waals surface area contributed by atoms with Gasteiger partial charge in [0.25, 0.3) is 0 Å². The van der Waals surface area contributed by atoms with Crippen LogP contribution in [0.3, 0.4) is 0 Å². The molecular formula is C16H17N3O3S. The first-order valence-corrected chi connectivity index (χ1v) is 7.53. The van der Waals surface area contributed by atoms with Gasteiger partial charge in [-0.2, -0.15) is 5.10 Å². The van der Waals surface area contributed by atoms with E-state index in [4.69, 9.17) is 15.2 Å². The number of hydrogen-bond donors (Lipinski definition) is 2. The van der Waals surface area contributed by atoms with Gasteiger partial charge in [-0.3, -0.25) is 0 Å². The number of hydrogen-bond acceptors (Lipinski definition) is 5. The molecule has 0 radical (unpaired) electrons. The zero-order valence-electron chi connectivity index (χ0n) is 12.8. The van der Waals surface area contributed by atoms with E-state index in [1.54, 1.807) is 32.2 Å². The molecule has 7 heteroatoms. The summed E-state index contributed by atoms with van der Waals surface area (Å²) in [6.07, 6.45) is 1.55. The normalized spacial score (nSPS) is 10.5. The van der Waals surface area contributed by atoms with Crippen LogP contribution in [0.5, 0.6) is 11.5 Å². The number of nitrogens with two attached hydrogens (primary N) is 1. The van der Waals surface area contributed by atoms with Gasteiger partial charge in [0.2, 0.25) is 0 Å². The molecule has 0 unspecified atom stereocenters. The maximum absolute atomic E-state index is 10.7. The van der Waals surface area contributed by atoms with E-state index >= 15 is 0 Å². The Hall–Kier alpha value is -2.67. The molecule has 23 heavy (non-hydrogen) atoms. The number of hydrazone groups is 1. The third kappa shape index (κ3) is 4.65. The van der Waals surface area contributed by atoms with E-state index in [9.17, 15) is 4.79 Å². The highest BCUT2D eigenvalue weighted by Crippen LogP contribution is 2.36. The largest absolute Gasteiger partial charge is 0.493 e. The Kier molecular flexibility index (Phi) is 5.87. The predicted octanol–water partition coefficient (Wildman–Crippen LogP) is 2.86. The van der Waals surface area contributed by atoms with Crippen LogP contribution in [0.15, 0.2) is 57.4 Å². The first-order chi connectivity index (χ1) is 11.1. The smallest absolute Gasteiger partial charge is 0.332 e. The van der Waals surface area contributed by atoms with Crippen molar-refractivity contribution in [1.29, 1.82) is 0 Å². The minimum absolute atomic E-state index is 0.666. The molecule has 3 N–H and O–H groups in total. The monoisotopic (exact) mass is 331 g/mol. The van der Waals surface area contributed by atoms with Crippen LogP contribution in [0.4, 0.5) is 4.79 Å². The Morgan fingerprint density at radius 1 is 1.17 bits per heavy atom. The summed E-state index contributed by atoms with van der Waals surface area (Å²) in [7, 11) is 3.20. The van der Waals surface area contributed by atoms with Crippen molar-refractivity contribution in [2.24, 2.45) is 10.8 Å². The van der Waals surface area contributed by atoms with Gasteiger partial charge in [-0.1, -0.05) is 30.0 Å². The topological polar surface area (TPSA) is 85.9 Å². The second kappa shape index (κ2) is 8.09. The van der Waals surface area contributed by atoms with Crippen molar-refractivity contribution < 1.29 is 14.3 Å². The van der Waals surface area contributed by atoms with Crippen LogP contribution in [-0.4, -0.2) is 26.5 Å². The van der Waals surface area contributed by atoms with Crippen molar-refractivity contribution in [3.63, 3.8) is 0 Å². The molecule has 0 spiro atoms. The molecule has 2 amide bonds. The molecule has 0 saturated carbocycles. The molecule has 0 aromatic heterocycles. The lowest BCUT2D eigenvalue weighted by atomic mass is 10.2. The summed E-state index contributed by atoms with van der Waals surface area (Å²) < 4.78 is 10.5. The Labute approximate surface area is 138 Å². The van der Waals surface area contributed by atoms with E-state index in [1.165, 1.54) is 0 Å². The molecule has 2 aromatic rings. The molecule has 0 aliphatic carbocycles. The second-order valence-electron chi connectivity index (χ2n) is 4.39. The average Bonchev–Trinajstić information content (AvgIpc) is 2.56. The van der Waals surface area contributed by atoms with E-state index in [0.29, 0.717) is 11.5 Å². The Balaban J connectivity index is 2.23. The lowest BCUT2D eigenvalue weighted by molar-refractivity contribution is 0.249. The average molecular weight is 331 g/mol. The molecule has 0 bridgehead atoms. The molecule has 6 nitrogen and oxygen atoms in total. The molecule has 0 atom stereocenters. The van der Waals surface area contributed by atoms with Crippen molar-refractivity contribution in [2.75, 3.05) is 14.2 Å². The fourth-order valence-electron chi connectivity index (χ4n) is 1.85. The number of primary amides is 1. The Morgan fingerprint density at radius 2 is 1.91 bits per heavy atom. The molecule has 0 heterocycles. The molecule has 0 fully saturated rings. The van der Waals surface area contributed by atoms with E-state index in [2.05, 4.69) is 10.5 Å². The van der Waals surface area contributed by atoms with Crippen LogP contribution in [0.2, 0.25) is 0 Å². The van der Waals surface area contributed by atoms with Crippen molar-refractivity contribution in [2.45, 2.75) is 9.79 Å². The van der Waals surface area contributed by atoms with Crippen LogP contribution in [0, 0.1) is 0 Å². The van der Waals surface area contributed by atoms with Gasteiger partial charge < -0.3 is 15.2 Å². The van der Waals surface area contributed by atoms with Crippen LogP contribution >= 0.6 is 11.8 Å². The first-order valence-electron chi connectivity index (χ1n) is 6.71. The molecular weight excluding hydrogens is 314 g/mol. The second-order valence-corrected chi connectivity index (χ2v) is 5.51. The number of nitrogens with zero attached hydrogens (tertiary/aromatic N) is 1. The van der Waals surface area contributed by atoms with E-state index in [1.807, 2.05) is 42.5 Å². The fraction of sp³-hybridized carbons (Fsp3) is 0.125. The molecule has 2 aromatic carbocycles. The molecule has 2 rings (SSSR count). The van der Waals surface area contributed by atoms with Gasteiger partial charge in [0.1, 0.15) is 0 Å². The van der Waals surface area contributed by atoms with Gasteiger partial charge in [-0.05, 0) is 24.3 Å². The van der Waals surface area contributed by atoms with Gasteiger partial charge in [0, 0.05) is 15.4 Å². The van der Waals surface area contributed by atoms with Gasteiger partial charge in [0.15, 0.2) is 11.5 Å². The van der Waals surface area contributed by atoms with Crippen LogP contribution in [0.25, 0.3) is 0 Å². The zero-order valence-corrected chi connectivity index (χ0v) is 13.6. The number of nitrogens with one attached hydrogen (secondary N) is 1. The lowest BCUT2D eigenvalue weighted by Gasteiger charge is -2.10. The zero-order chi connectivity index (χ0) is 16.7. The van der Waals surface area contributed by atoms with Crippen molar-refractivity contribution >= 4 is 24.0 Å². The Morgan fingerprint density at radius 3 is 2.61 bits per heavy atom. The van der Waals surface area contributed by atoms with Crippen molar-refractivity contribution in [3.05, 3.63) is 48.0 Å². The SMILES string of the molecule is COc1ccc(Sc2ccccc2C=NNC(N)=O)cc1OC. The van der Waals surface area contributed by atoms with E-state index < -0.39 is 6.03 Å². The number of ether oxygens (including phenoxy) is 2. The summed E-state index contributed by atoms with van der Waals surface area (Å²) in [4.78, 5) is 12.6. The quantitative estimate of drug-likeness (QED) is 0.629. The summed E-state index contributed by atoms with van der Waals surface area (Å²) in [6, 6.07) is 12.7. The minimum atomic E-state index is -0.703. The lowest BCUT2D eigenvalue weighted by Crippen LogP contribution is -2.24. The van der Waals surface area contributed by atoms with Crippen LogP contribution < -0.4 is 20.6 Å². The number of amides is 2. The van der Waals surface area contributed by atoms with Crippen molar-refractivity contribution in [1.82, 2.24) is 5.43 Å². The molecule has 0 aliphatic rings. The summed E-state index contributed by atoms with van der Waals surface area (Å²) >= 11 is 1.55. The predicted molar refractivity (Wildman–Crippen MR) is 90.4 cm³/mol. The standard InChI is InChI=1S/C16H17N3O3S/c1-21-13-8-7-12(9-14(13)22-2)23-15-6-4-3-5-11(15)10-18-19-16(17)20/h3-10H,1-2H3,(H3,17,19,20). The fourth-order valence-corrected chi connectivity index (χ4v) is 2.79. The van der Waals surface area contributed by atoms with Gasteiger partial charge >= 0.3 is 6.03 Å². The number of methoxy groups -OCH3 is 2. The summed E-state index contributed by atoms with van der Waals surface area (Å²) in [6.45, 7) is 0. The highest BCUT2D eigenvalue weighted by molar-refractivity contribution is 7.99. The third-order valence-corrected chi connectivity index (χ3v) is 3.96. The maximum atomic E-state index is 10.7. The first kappa shape index (κ1) is 16.7. The molecule has 120 valence electrons. The van der Waals surface area contributed by atoms with Crippen LogP contribution in [0.1, 0.15) is 5.56 Å². The van der Waals surface area contributed by atoms with E-state index in [-0.39, 0.29) is 0 Å². The van der Waals surface area contributed by atoms with Gasteiger partial charge in [-0.25, -0.2) is 10.2 Å². The number of carbonyl (C=O) groups excluding carboxylic acids is 1. The maximum Gasteiger partial charge on any atom is 0.332 e. The number of urea groups is 1. The number of rotatable bonds is 6. The summed E-state index contributed by atoms with van der Waals surface area (Å²) in [5, 5.41) is 3.80. The van der Waals surface area contributed by atoms with Gasteiger partial charge in [-0.15, -0.1) is 0 Å². The highest BCUT2D eigenvalue weighted by atomic mass is 32.2. The number of benzene rings is 2. The third-order valence-electron chi connectivity index (χ3n) is 2.88. The Bertz CT molecular complexity index is 719. The summed E-state index contributed by atoms with van der Waals surface area (Å²) in [5.41, 5.74) is 8.03. The number of carbonyl (C=O) groups is 1. The minimum Gasteiger partial charge on any atom is -0.493 e. The molecule has 0 aliphatic heterocycles. The highest BCUT2D eigenvalue weighted by Gasteiger charge is 2.07. The van der Waals surface area contributed by atoms with Gasteiger partial charge in [0.05, 0.1) is 20.4 Å². The molecule has 0 saturated heterocycles.